The standard InChI is InChI=1S/C12H7F4NS/c13-10-2-1-7(5-9(10)12(14,15)16)11-6-8(18)3-4-17-11/h1-6H,(H,17,18). The summed E-state index contributed by atoms with van der Waals surface area (Å²) in [7, 11) is 0. The summed E-state index contributed by atoms with van der Waals surface area (Å²) in [6.07, 6.45) is -3.19. The summed E-state index contributed by atoms with van der Waals surface area (Å²) in [5.74, 6) is -1.29. The van der Waals surface area contributed by atoms with E-state index in [1.165, 1.54) is 18.3 Å². The number of benzene rings is 1. The van der Waals surface area contributed by atoms with Gasteiger partial charge < -0.3 is 4.98 Å². The van der Waals surface area contributed by atoms with E-state index in [9.17, 15) is 17.6 Å². The van der Waals surface area contributed by atoms with Crippen molar-refractivity contribution in [2.75, 3.05) is 0 Å². The van der Waals surface area contributed by atoms with Gasteiger partial charge in [-0.15, -0.1) is 0 Å². The summed E-state index contributed by atoms with van der Waals surface area (Å²) in [5.41, 5.74) is -0.647. The second kappa shape index (κ2) is 4.53. The summed E-state index contributed by atoms with van der Waals surface area (Å²) in [6, 6.07) is 5.94. The molecule has 0 radical (unpaired) electrons. The molecule has 0 bridgehead atoms. The lowest BCUT2D eigenvalue weighted by Gasteiger charge is -2.10. The molecule has 1 N–H and O–H groups in total. The maximum Gasteiger partial charge on any atom is 0.419 e. The van der Waals surface area contributed by atoms with Crippen LogP contribution in [0.25, 0.3) is 11.3 Å². The average molecular weight is 273 g/mol. The number of H-pyrrole nitrogens is 1. The molecular formula is C12H7F4NS. The molecule has 2 aromatic rings. The van der Waals surface area contributed by atoms with E-state index in [0.29, 0.717) is 10.2 Å². The molecule has 0 aliphatic rings. The van der Waals surface area contributed by atoms with Crippen LogP contribution in [0.3, 0.4) is 0 Å². The van der Waals surface area contributed by atoms with Crippen molar-refractivity contribution < 1.29 is 17.6 Å². The number of pyridine rings is 1. The van der Waals surface area contributed by atoms with Crippen LogP contribution in [0.1, 0.15) is 5.56 Å². The molecule has 18 heavy (non-hydrogen) atoms. The zero-order valence-electron chi connectivity index (χ0n) is 8.88. The topological polar surface area (TPSA) is 15.8 Å². The normalized spacial score (nSPS) is 11.6. The number of alkyl halides is 3. The van der Waals surface area contributed by atoms with Gasteiger partial charge in [-0.1, -0.05) is 12.2 Å². The minimum absolute atomic E-state index is 0.232. The highest BCUT2D eigenvalue weighted by Gasteiger charge is 2.34. The van der Waals surface area contributed by atoms with E-state index in [-0.39, 0.29) is 5.56 Å². The number of aromatic amines is 1. The number of nitrogens with one attached hydrogen (secondary N) is 1. The van der Waals surface area contributed by atoms with Crippen molar-refractivity contribution in [1.29, 1.82) is 0 Å². The van der Waals surface area contributed by atoms with Crippen LogP contribution in [0.2, 0.25) is 0 Å². The molecule has 6 heteroatoms. The molecule has 0 saturated carbocycles. The predicted octanol–water partition coefficient (Wildman–Crippen LogP) is 4.57. The van der Waals surface area contributed by atoms with Crippen molar-refractivity contribution in [3.63, 3.8) is 0 Å². The Balaban J connectivity index is 2.58. The lowest BCUT2D eigenvalue weighted by molar-refractivity contribution is -0.139. The molecule has 1 nitrogen and oxygen atoms in total. The third-order valence-corrected chi connectivity index (χ3v) is 2.61. The number of halogens is 4. The van der Waals surface area contributed by atoms with Crippen LogP contribution in [0.5, 0.6) is 0 Å². The van der Waals surface area contributed by atoms with Gasteiger partial charge >= 0.3 is 6.18 Å². The fourth-order valence-electron chi connectivity index (χ4n) is 1.52. The molecule has 2 rings (SSSR count). The van der Waals surface area contributed by atoms with Gasteiger partial charge in [0, 0.05) is 16.4 Å². The Morgan fingerprint density at radius 1 is 1.06 bits per heavy atom. The molecule has 0 fully saturated rings. The van der Waals surface area contributed by atoms with Gasteiger partial charge in [0.1, 0.15) is 5.82 Å². The highest BCUT2D eigenvalue weighted by molar-refractivity contribution is 7.71. The van der Waals surface area contributed by atoms with Crippen LogP contribution < -0.4 is 0 Å². The monoisotopic (exact) mass is 273 g/mol. The van der Waals surface area contributed by atoms with Crippen LogP contribution >= 0.6 is 12.2 Å². The SMILES string of the molecule is Fc1ccc(-c2cc(=S)cc[nH]2)cc1C(F)(F)F. The second-order valence-corrected chi connectivity index (χ2v) is 4.10. The van der Waals surface area contributed by atoms with E-state index in [4.69, 9.17) is 12.2 Å². The molecule has 1 aromatic carbocycles. The Morgan fingerprint density at radius 3 is 2.39 bits per heavy atom. The number of rotatable bonds is 1. The Kier molecular flexibility index (Phi) is 3.21. The van der Waals surface area contributed by atoms with Gasteiger partial charge in [-0.05, 0) is 35.9 Å². The fraction of sp³-hybridized carbons (Fsp3) is 0.0833. The quantitative estimate of drug-likeness (QED) is 0.594. The largest absolute Gasteiger partial charge is 0.419 e. The molecule has 0 unspecified atom stereocenters. The molecule has 0 atom stereocenters. The first-order valence-corrected chi connectivity index (χ1v) is 5.34. The third-order valence-electron chi connectivity index (χ3n) is 2.36. The van der Waals surface area contributed by atoms with Crippen LogP contribution in [0.4, 0.5) is 17.6 Å². The van der Waals surface area contributed by atoms with Gasteiger partial charge in [0.05, 0.1) is 5.56 Å². The first-order valence-electron chi connectivity index (χ1n) is 4.94. The number of aromatic nitrogens is 1. The average Bonchev–Trinajstić information content (AvgIpc) is 2.28. The zero-order chi connectivity index (χ0) is 13.3. The van der Waals surface area contributed by atoms with Crippen LogP contribution in [-0.2, 0) is 6.18 Å². The Bertz CT molecular complexity index is 630. The summed E-state index contributed by atoms with van der Waals surface area (Å²) in [5, 5.41) is 0. The van der Waals surface area contributed by atoms with E-state index < -0.39 is 17.6 Å². The summed E-state index contributed by atoms with van der Waals surface area (Å²) in [4.78, 5) is 2.77. The maximum absolute atomic E-state index is 13.1. The molecule has 1 aromatic heterocycles. The highest BCUT2D eigenvalue weighted by atomic mass is 32.1. The minimum Gasteiger partial charge on any atom is -0.361 e. The van der Waals surface area contributed by atoms with Crippen molar-refractivity contribution in [3.05, 3.63) is 52.4 Å². The maximum atomic E-state index is 13.1. The summed E-state index contributed by atoms with van der Waals surface area (Å²) in [6.45, 7) is 0. The van der Waals surface area contributed by atoms with Gasteiger partial charge in [0.25, 0.3) is 0 Å². The predicted molar refractivity (Wildman–Crippen MR) is 62.0 cm³/mol. The van der Waals surface area contributed by atoms with Gasteiger partial charge in [-0.25, -0.2) is 4.39 Å². The minimum atomic E-state index is -4.72. The Hall–Kier alpha value is -1.69. The lowest BCUT2D eigenvalue weighted by Crippen LogP contribution is -2.08. The van der Waals surface area contributed by atoms with Gasteiger partial charge in [-0.3, -0.25) is 0 Å². The van der Waals surface area contributed by atoms with Gasteiger partial charge in [0.2, 0.25) is 0 Å². The van der Waals surface area contributed by atoms with Crippen LogP contribution in [0.15, 0.2) is 36.5 Å². The number of hydrogen-bond acceptors (Lipinski definition) is 1. The first-order chi connectivity index (χ1) is 8.38. The second-order valence-electron chi connectivity index (χ2n) is 3.63. The highest BCUT2D eigenvalue weighted by Crippen LogP contribution is 2.33. The molecule has 0 saturated heterocycles. The third kappa shape index (κ3) is 2.59. The van der Waals surface area contributed by atoms with Crippen molar-refractivity contribution in [2.45, 2.75) is 6.18 Å². The Labute approximate surface area is 105 Å². The van der Waals surface area contributed by atoms with E-state index in [0.717, 1.165) is 12.1 Å². The first kappa shape index (κ1) is 12.8. The van der Waals surface area contributed by atoms with Crippen molar-refractivity contribution >= 4 is 12.2 Å². The molecule has 0 aliphatic carbocycles. The Morgan fingerprint density at radius 2 is 1.78 bits per heavy atom. The fourth-order valence-corrected chi connectivity index (χ4v) is 1.71. The molecule has 0 amide bonds. The van der Waals surface area contributed by atoms with E-state index in [1.807, 2.05) is 0 Å². The van der Waals surface area contributed by atoms with Gasteiger partial charge in [-0.2, -0.15) is 13.2 Å². The summed E-state index contributed by atoms with van der Waals surface area (Å²) >= 11 is 4.92. The van der Waals surface area contributed by atoms with Crippen molar-refractivity contribution in [2.24, 2.45) is 0 Å². The molecule has 94 valence electrons. The molecule has 0 spiro atoms. The summed E-state index contributed by atoms with van der Waals surface area (Å²) < 4.78 is 51.3. The zero-order valence-corrected chi connectivity index (χ0v) is 9.70. The van der Waals surface area contributed by atoms with E-state index in [1.54, 1.807) is 6.07 Å². The smallest absolute Gasteiger partial charge is 0.361 e. The number of hydrogen-bond donors (Lipinski definition) is 1. The van der Waals surface area contributed by atoms with E-state index in [2.05, 4.69) is 4.98 Å². The van der Waals surface area contributed by atoms with Crippen LogP contribution in [-0.4, -0.2) is 4.98 Å². The lowest BCUT2D eigenvalue weighted by atomic mass is 10.1. The van der Waals surface area contributed by atoms with Gasteiger partial charge in [0.15, 0.2) is 0 Å². The van der Waals surface area contributed by atoms with Crippen LogP contribution in [0, 0.1) is 10.3 Å². The molecule has 1 heterocycles. The molecule has 0 aliphatic heterocycles. The van der Waals surface area contributed by atoms with Crippen molar-refractivity contribution in [3.8, 4) is 11.3 Å². The molecular weight excluding hydrogens is 266 g/mol. The van der Waals surface area contributed by atoms with Crippen molar-refractivity contribution in [1.82, 2.24) is 4.98 Å². The van der Waals surface area contributed by atoms with E-state index >= 15 is 0 Å².